The van der Waals surface area contributed by atoms with E-state index in [-0.39, 0.29) is 0 Å². The standard InChI is InChI=1S/C16H26N2O/c1-4-9-17-14(3)15-7-5-6-8-16(15)18-10-11-19-12-13(18)2/h5-8,13-14,17H,4,9-12H2,1-3H3. The number of hydrogen-bond acceptors (Lipinski definition) is 3. The summed E-state index contributed by atoms with van der Waals surface area (Å²) < 4.78 is 5.54. The van der Waals surface area contributed by atoms with Crippen molar-refractivity contribution in [3.63, 3.8) is 0 Å². The number of nitrogens with zero attached hydrogens (tertiary/aromatic N) is 1. The van der Waals surface area contributed by atoms with Gasteiger partial charge in [-0.3, -0.25) is 0 Å². The molecule has 1 aromatic rings. The zero-order valence-corrected chi connectivity index (χ0v) is 12.4. The summed E-state index contributed by atoms with van der Waals surface area (Å²) in [6, 6.07) is 9.59. The van der Waals surface area contributed by atoms with E-state index < -0.39 is 0 Å². The van der Waals surface area contributed by atoms with Crippen LogP contribution < -0.4 is 10.2 Å². The molecule has 3 heteroatoms. The van der Waals surface area contributed by atoms with E-state index >= 15 is 0 Å². The van der Waals surface area contributed by atoms with E-state index in [0.29, 0.717) is 12.1 Å². The van der Waals surface area contributed by atoms with Crippen LogP contribution >= 0.6 is 0 Å². The molecule has 1 aliphatic heterocycles. The van der Waals surface area contributed by atoms with Crippen molar-refractivity contribution in [2.24, 2.45) is 0 Å². The van der Waals surface area contributed by atoms with Gasteiger partial charge in [-0.2, -0.15) is 0 Å². The minimum absolute atomic E-state index is 0.395. The van der Waals surface area contributed by atoms with E-state index in [1.807, 2.05) is 0 Å². The zero-order valence-electron chi connectivity index (χ0n) is 12.4. The lowest BCUT2D eigenvalue weighted by atomic mass is 10.0. The first-order chi connectivity index (χ1) is 9.24. The average molecular weight is 262 g/mol. The summed E-state index contributed by atoms with van der Waals surface area (Å²) in [5.41, 5.74) is 2.75. The predicted molar refractivity (Wildman–Crippen MR) is 80.8 cm³/mol. The first kappa shape index (κ1) is 14.4. The van der Waals surface area contributed by atoms with Crippen molar-refractivity contribution < 1.29 is 4.74 Å². The Kier molecular flexibility index (Phi) is 5.23. The van der Waals surface area contributed by atoms with Crippen molar-refractivity contribution in [3.8, 4) is 0 Å². The Hall–Kier alpha value is -1.06. The maximum absolute atomic E-state index is 5.54. The Morgan fingerprint density at radius 2 is 2.21 bits per heavy atom. The molecule has 1 heterocycles. The van der Waals surface area contributed by atoms with Gasteiger partial charge in [0.25, 0.3) is 0 Å². The second-order valence-electron chi connectivity index (χ2n) is 5.35. The van der Waals surface area contributed by atoms with Gasteiger partial charge in [0, 0.05) is 24.3 Å². The SMILES string of the molecule is CCCNC(C)c1ccccc1N1CCOCC1C. The first-order valence-corrected chi connectivity index (χ1v) is 7.40. The summed E-state index contributed by atoms with van der Waals surface area (Å²) in [7, 11) is 0. The van der Waals surface area contributed by atoms with Crippen LogP contribution in [0.25, 0.3) is 0 Å². The van der Waals surface area contributed by atoms with Gasteiger partial charge in [-0.05, 0) is 38.4 Å². The molecule has 0 aromatic heterocycles. The second kappa shape index (κ2) is 6.92. The molecule has 1 aliphatic rings. The molecule has 3 nitrogen and oxygen atoms in total. The summed E-state index contributed by atoms with van der Waals surface area (Å²) in [5, 5.41) is 3.58. The molecule has 0 aliphatic carbocycles. The Labute approximate surface area is 116 Å². The van der Waals surface area contributed by atoms with E-state index in [0.717, 1.165) is 26.3 Å². The van der Waals surface area contributed by atoms with Crippen molar-refractivity contribution in [1.29, 1.82) is 0 Å². The largest absolute Gasteiger partial charge is 0.377 e. The monoisotopic (exact) mass is 262 g/mol. The Morgan fingerprint density at radius 1 is 1.42 bits per heavy atom. The molecule has 106 valence electrons. The minimum atomic E-state index is 0.395. The third kappa shape index (κ3) is 3.48. The van der Waals surface area contributed by atoms with Gasteiger partial charge in [0.2, 0.25) is 0 Å². The van der Waals surface area contributed by atoms with Gasteiger partial charge in [-0.25, -0.2) is 0 Å². The summed E-state index contributed by atoms with van der Waals surface area (Å²) in [4.78, 5) is 2.48. The van der Waals surface area contributed by atoms with Gasteiger partial charge in [-0.15, -0.1) is 0 Å². The highest BCUT2D eigenvalue weighted by atomic mass is 16.5. The number of nitrogens with one attached hydrogen (secondary N) is 1. The average Bonchev–Trinajstić information content (AvgIpc) is 2.45. The highest BCUT2D eigenvalue weighted by Gasteiger charge is 2.22. The van der Waals surface area contributed by atoms with Gasteiger partial charge < -0.3 is 15.0 Å². The lowest BCUT2D eigenvalue weighted by molar-refractivity contribution is 0.0988. The Morgan fingerprint density at radius 3 is 2.95 bits per heavy atom. The van der Waals surface area contributed by atoms with E-state index in [2.05, 4.69) is 55.3 Å². The summed E-state index contributed by atoms with van der Waals surface area (Å²) >= 11 is 0. The van der Waals surface area contributed by atoms with Crippen molar-refractivity contribution in [2.45, 2.75) is 39.3 Å². The van der Waals surface area contributed by atoms with Crippen LogP contribution in [-0.4, -0.2) is 32.3 Å². The number of hydrogen-bond donors (Lipinski definition) is 1. The molecule has 2 unspecified atom stereocenters. The van der Waals surface area contributed by atoms with E-state index in [1.54, 1.807) is 0 Å². The minimum Gasteiger partial charge on any atom is -0.377 e. The molecular formula is C16H26N2O. The van der Waals surface area contributed by atoms with Crippen molar-refractivity contribution in [2.75, 3.05) is 31.2 Å². The Bertz CT molecular complexity index is 394. The lowest BCUT2D eigenvalue weighted by Gasteiger charge is -2.37. The maximum Gasteiger partial charge on any atom is 0.0668 e. The van der Waals surface area contributed by atoms with Gasteiger partial charge in [-0.1, -0.05) is 25.1 Å². The number of para-hydroxylation sites is 1. The van der Waals surface area contributed by atoms with Crippen LogP contribution in [0.1, 0.15) is 38.8 Å². The molecule has 1 fully saturated rings. The van der Waals surface area contributed by atoms with E-state index in [9.17, 15) is 0 Å². The molecule has 1 N–H and O–H groups in total. The topological polar surface area (TPSA) is 24.5 Å². The summed E-state index contributed by atoms with van der Waals surface area (Å²) in [6.45, 7) is 10.4. The fourth-order valence-electron chi connectivity index (χ4n) is 2.67. The van der Waals surface area contributed by atoms with E-state index in [4.69, 9.17) is 4.74 Å². The van der Waals surface area contributed by atoms with Crippen LogP contribution in [0.4, 0.5) is 5.69 Å². The summed E-state index contributed by atoms with van der Waals surface area (Å²) in [5.74, 6) is 0. The molecule has 0 bridgehead atoms. The highest BCUT2D eigenvalue weighted by molar-refractivity contribution is 5.56. The summed E-state index contributed by atoms with van der Waals surface area (Å²) in [6.07, 6.45) is 1.17. The van der Waals surface area contributed by atoms with Crippen molar-refractivity contribution >= 4 is 5.69 Å². The van der Waals surface area contributed by atoms with Crippen LogP contribution in [0.3, 0.4) is 0 Å². The highest BCUT2D eigenvalue weighted by Crippen LogP contribution is 2.28. The Balaban J connectivity index is 2.19. The second-order valence-corrected chi connectivity index (χ2v) is 5.35. The van der Waals surface area contributed by atoms with Crippen LogP contribution in [0.2, 0.25) is 0 Å². The molecule has 0 saturated carbocycles. The van der Waals surface area contributed by atoms with Gasteiger partial charge in [0.05, 0.1) is 13.2 Å². The van der Waals surface area contributed by atoms with Crippen LogP contribution in [-0.2, 0) is 4.74 Å². The number of anilines is 1. The number of ether oxygens (including phenoxy) is 1. The third-order valence-electron chi connectivity index (χ3n) is 3.78. The van der Waals surface area contributed by atoms with E-state index in [1.165, 1.54) is 17.7 Å². The van der Waals surface area contributed by atoms with Crippen molar-refractivity contribution in [3.05, 3.63) is 29.8 Å². The fraction of sp³-hybridized carbons (Fsp3) is 0.625. The van der Waals surface area contributed by atoms with Gasteiger partial charge in [0.1, 0.15) is 0 Å². The molecule has 0 spiro atoms. The van der Waals surface area contributed by atoms with Crippen LogP contribution in [0.15, 0.2) is 24.3 Å². The smallest absolute Gasteiger partial charge is 0.0668 e. The van der Waals surface area contributed by atoms with Crippen LogP contribution in [0.5, 0.6) is 0 Å². The third-order valence-corrected chi connectivity index (χ3v) is 3.78. The predicted octanol–water partition coefficient (Wildman–Crippen LogP) is 2.97. The molecule has 2 atom stereocenters. The lowest BCUT2D eigenvalue weighted by Crippen LogP contribution is -2.44. The molecule has 0 radical (unpaired) electrons. The zero-order chi connectivity index (χ0) is 13.7. The fourth-order valence-corrected chi connectivity index (χ4v) is 2.67. The molecule has 2 rings (SSSR count). The normalized spacial score (nSPS) is 21.4. The molecule has 1 aromatic carbocycles. The number of benzene rings is 1. The van der Waals surface area contributed by atoms with Crippen LogP contribution in [0, 0.1) is 0 Å². The maximum atomic E-state index is 5.54. The molecule has 19 heavy (non-hydrogen) atoms. The van der Waals surface area contributed by atoms with Gasteiger partial charge in [0.15, 0.2) is 0 Å². The first-order valence-electron chi connectivity index (χ1n) is 7.40. The number of rotatable bonds is 5. The molecule has 1 saturated heterocycles. The molecule has 0 amide bonds. The van der Waals surface area contributed by atoms with Gasteiger partial charge >= 0.3 is 0 Å². The molecular weight excluding hydrogens is 236 g/mol. The quantitative estimate of drug-likeness (QED) is 0.883. The van der Waals surface area contributed by atoms with Crippen molar-refractivity contribution in [1.82, 2.24) is 5.32 Å². The number of morpholine rings is 1.